The number of benzene rings is 1. The summed E-state index contributed by atoms with van der Waals surface area (Å²) in [4.78, 5) is 6.85. The van der Waals surface area contributed by atoms with Crippen molar-refractivity contribution < 1.29 is 26.7 Å². The lowest BCUT2D eigenvalue weighted by Crippen LogP contribution is -2.08. The fraction of sp³-hybridized carbons (Fsp3) is 0.250. The van der Waals surface area contributed by atoms with Gasteiger partial charge in [-0.05, 0) is 24.6 Å². The van der Waals surface area contributed by atoms with Gasteiger partial charge in [-0.2, -0.15) is 18.3 Å². The highest BCUT2D eigenvalue weighted by Crippen LogP contribution is 2.28. The number of nitrogens with one attached hydrogen (secondary N) is 2. The first-order chi connectivity index (χ1) is 12.7. The molecule has 0 spiro atoms. The second-order valence-corrected chi connectivity index (χ2v) is 5.30. The summed E-state index contributed by atoms with van der Waals surface area (Å²) >= 11 is 0. The smallest absolute Gasteiger partial charge is 0.419 e. The number of anilines is 1. The van der Waals surface area contributed by atoms with E-state index in [9.17, 15) is 22.0 Å². The molecule has 0 radical (unpaired) electrons. The maximum absolute atomic E-state index is 12.9. The molecule has 0 aliphatic rings. The SMILES string of the molecule is Cc1ccc(N/C=C(/COc2ncc(C(F)(F)F)cn2)N=N)cc1C(F)F. The molecule has 2 N–H and O–H groups in total. The molecule has 27 heavy (non-hydrogen) atoms. The first-order valence-electron chi connectivity index (χ1n) is 7.44. The van der Waals surface area contributed by atoms with E-state index in [1.807, 2.05) is 0 Å². The summed E-state index contributed by atoms with van der Waals surface area (Å²) in [5.41, 5.74) is 6.75. The van der Waals surface area contributed by atoms with Crippen molar-refractivity contribution in [2.24, 2.45) is 5.11 Å². The molecule has 2 aromatic rings. The van der Waals surface area contributed by atoms with Crippen molar-refractivity contribution in [1.82, 2.24) is 9.97 Å². The van der Waals surface area contributed by atoms with Crippen LogP contribution in [0.4, 0.5) is 27.6 Å². The quantitative estimate of drug-likeness (QED) is 0.511. The third-order valence-corrected chi connectivity index (χ3v) is 3.37. The van der Waals surface area contributed by atoms with Gasteiger partial charge in [0.1, 0.15) is 12.3 Å². The van der Waals surface area contributed by atoms with Crippen molar-refractivity contribution >= 4 is 5.69 Å². The number of rotatable bonds is 7. The van der Waals surface area contributed by atoms with E-state index in [1.165, 1.54) is 18.3 Å². The molecule has 144 valence electrons. The number of halogens is 5. The molecule has 0 atom stereocenters. The van der Waals surface area contributed by atoms with Crippen LogP contribution >= 0.6 is 0 Å². The van der Waals surface area contributed by atoms with E-state index in [4.69, 9.17) is 10.3 Å². The highest BCUT2D eigenvalue weighted by molar-refractivity contribution is 5.51. The molecular weight excluding hydrogens is 373 g/mol. The van der Waals surface area contributed by atoms with Crippen LogP contribution in [-0.4, -0.2) is 16.6 Å². The fourth-order valence-corrected chi connectivity index (χ4v) is 1.91. The molecule has 6 nitrogen and oxygen atoms in total. The largest absolute Gasteiger partial charge is 0.457 e. The normalized spacial score (nSPS) is 12.2. The summed E-state index contributed by atoms with van der Waals surface area (Å²) in [6, 6.07) is 4.02. The number of hydrogen-bond donors (Lipinski definition) is 2. The van der Waals surface area contributed by atoms with E-state index in [1.54, 1.807) is 13.0 Å². The lowest BCUT2D eigenvalue weighted by atomic mass is 10.1. The van der Waals surface area contributed by atoms with Gasteiger partial charge in [0.25, 0.3) is 6.43 Å². The maximum Gasteiger partial charge on any atom is 0.419 e. The first-order valence-corrected chi connectivity index (χ1v) is 7.44. The van der Waals surface area contributed by atoms with Gasteiger partial charge < -0.3 is 10.1 Å². The zero-order valence-corrected chi connectivity index (χ0v) is 13.9. The minimum absolute atomic E-state index is 0.0395. The molecule has 0 saturated carbocycles. The zero-order valence-electron chi connectivity index (χ0n) is 13.9. The minimum atomic E-state index is -4.56. The minimum Gasteiger partial charge on any atom is -0.457 e. The molecule has 0 fully saturated rings. The molecular formula is C16H14F5N5O. The van der Waals surface area contributed by atoms with E-state index in [0.29, 0.717) is 23.6 Å². The highest BCUT2D eigenvalue weighted by atomic mass is 19.4. The second kappa shape index (κ2) is 8.52. The molecule has 0 bridgehead atoms. The molecule has 2 rings (SSSR count). The van der Waals surface area contributed by atoms with Crippen LogP contribution in [0, 0.1) is 12.5 Å². The molecule has 1 heterocycles. The van der Waals surface area contributed by atoms with Crippen LogP contribution in [0.15, 0.2) is 47.6 Å². The molecule has 0 aliphatic heterocycles. The molecule has 1 aromatic heterocycles. The Morgan fingerprint density at radius 3 is 2.52 bits per heavy atom. The summed E-state index contributed by atoms with van der Waals surface area (Å²) in [6.07, 6.45) is -4.80. The van der Waals surface area contributed by atoms with Crippen LogP contribution in [0.2, 0.25) is 0 Å². The van der Waals surface area contributed by atoms with Crippen LogP contribution in [0.5, 0.6) is 6.01 Å². The lowest BCUT2D eigenvalue weighted by Gasteiger charge is -2.09. The third-order valence-electron chi connectivity index (χ3n) is 3.37. The number of nitrogens with zero attached hydrogens (tertiary/aromatic N) is 3. The van der Waals surface area contributed by atoms with Gasteiger partial charge in [0, 0.05) is 29.8 Å². The Morgan fingerprint density at radius 1 is 1.30 bits per heavy atom. The Morgan fingerprint density at radius 2 is 1.96 bits per heavy atom. The Balaban J connectivity index is 2.01. The van der Waals surface area contributed by atoms with E-state index < -0.39 is 18.2 Å². The Labute approximate surface area is 150 Å². The number of hydrogen-bond acceptors (Lipinski definition) is 6. The van der Waals surface area contributed by atoms with Crippen molar-refractivity contribution in [3.05, 3.63) is 59.2 Å². The molecule has 0 saturated heterocycles. The second-order valence-electron chi connectivity index (χ2n) is 5.30. The van der Waals surface area contributed by atoms with E-state index in [0.717, 1.165) is 0 Å². The van der Waals surface area contributed by atoms with Crippen LogP contribution in [0.25, 0.3) is 0 Å². The number of aryl methyl sites for hydroxylation is 1. The third kappa shape index (κ3) is 5.69. The van der Waals surface area contributed by atoms with Crippen molar-refractivity contribution in [1.29, 1.82) is 5.53 Å². The van der Waals surface area contributed by atoms with E-state index in [2.05, 4.69) is 20.4 Å². The van der Waals surface area contributed by atoms with Crippen LogP contribution in [-0.2, 0) is 6.18 Å². The Bertz CT molecular complexity index is 821. The summed E-state index contributed by atoms with van der Waals surface area (Å²) in [5, 5.41) is 5.89. The predicted molar refractivity (Wildman–Crippen MR) is 85.5 cm³/mol. The molecule has 1 aromatic carbocycles. The average Bonchev–Trinajstić information content (AvgIpc) is 2.62. The van der Waals surface area contributed by atoms with Gasteiger partial charge in [-0.3, -0.25) is 0 Å². The van der Waals surface area contributed by atoms with Crippen molar-refractivity contribution in [2.45, 2.75) is 19.5 Å². The van der Waals surface area contributed by atoms with Gasteiger partial charge in [-0.25, -0.2) is 24.3 Å². The van der Waals surface area contributed by atoms with Gasteiger partial charge in [-0.15, -0.1) is 0 Å². The Kier molecular flexibility index (Phi) is 6.37. The van der Waals surface area contributed by atoms with Gasteiger partial charge in [-0.1, -0.05) is 6.07 Å². The summed E-state index contributed by atoms with van der Waals surface area (Å²) in [6.45, 7) is 1.25. The standard InChI is InChI=1S/C16H14F5N5O/c1-9-2-3-11(4-13(9)14(17)18)23-7-12(26-22)8-27-15-24-5-10(6-25-15)16(19,20)21/h2-7,14,22-23H,8H2,1H3/b12-7-,26-22?. The predicted octanol–water partition coefficient (Wildman–Crippen LogP) is 5.10. The summed E-state index contributed by atoms with van der Waals surface area (Å²) in [5.74, 6) is 0. The van der Waals surface area contributed by atoms with Crippen LogP contribution < -0.4 is 10.1 Å². The molecule has 0 amide bonds. The monoisotopic (exact) mass is 387 g/mol. The molecule has 11 heteroatoms. The van der Waals surface area contributed by atoms with Crippen molar-refractivity contribution in [3.8, 4) is 6.01 Å². The van der Waals surface area contributed by atoms with Gasteiger partial charge in [0.05, 0.1) is 5.56 Å². The topological polar surface area (TPSA) is 83.2 Å². The van der Waals surface area contributed by atoms with E-state index in [-0.39, 0.29) is 23.9 Å². The fourth-order valence-electron chi connectivity index (χ4n) is 1.91. The van der Waals surface area contributed by atoms with Crippen LogP contribution in [0.1, 0.15) is 23.1 Å². The number of ether oxygens (including phenoxy) is 1. The van der Waals surface area contributed by atoms with Crippen LogP contribution in [0.3, 0.4) is 0 Å². The molecule has 0 unspecified atom stereocenters. The van der Waals surface area contributed by atoms with Gasteiger partial charge >= 0.3 is 12.2 Å². The van der Waals surface area contributed by atoms with Gasteiger partial charge in [0.2, 0.25) is 0 Å². The van der Waals surface area contributed by atoms with Crippen molar-refractivity contribution in [2.75, 3.05) is 11.9 Å². The maximum atomic E-state index is 12.9. The van der Waals surface area contributed by atoms with Gasteiger partial charge in [0.15, 0.2) is 0 Å². The van der Waals surface area contributed by atoms with E-state index >= 15 is 0 Å². The Hall–Kier alpha value is -3.11. The average molecular weight is 387 g/mol. The lowest BCUT2D eigenvalue weighted by molar-refractivity contribution is -0.138. The zero-order chi connectivity index (χ0) is 20.0. The summed E-state index contributed by atoms with van der Waals surface area (Å²) in [7, 11) is 0. The van der Waals surface area contributed by atoms with Crippen molar-refractivity contribution in [3.63, 3.8) is 0 Å². The molecule has 0 aliphatic carbocycles. The first kappa shape index (κ1) is 20.2. The highest BCUT2D eigenvalue weighted by Gasteiger charge is 2.31. The number of alkyl halides is 5. The summed E-state index contributed by atoms with van der Waals surface area (Å²) < 4.78 is 68.1. The number of aromatic nitrogens is 2.